The second-order valence-electron chi connectivity index (χ2n) is 6.10. The van der Waals surface area contributed by atoms with Gasteiger partial charge in [0.15, 0.2) is 0 Å². The molecule has 0 spiro atoms. The molecule has 4 aliphatic rings. The lowest BCUT2D eigenvalue weighted by atomic mass is 9.81. The van der Waals surface area contributed by atoms with Crippen LogP contribution in [-0.2, 0) is 9.47 Å². The molecule has 2 saturated heterocycles. The maximum atomic E-state index is 6.10. The fraction of sp³-hybridized carbons (Fsp3) is 0.625. The first-order valence-corrected chi connectivity index (χ1v) is 7.46. The van der Waals surface area contributed by atoms with Crippen LogP contribution in [0.1, 0.15) is 72.4 Å². The lowest BCUT2D eigenvalue weighted by Gasteiger charge is -2.25. The lowest BCUT2D eigenvalue weighted by molar-refractivity contribution is 0.0647. The highest BCUT2D eigenvalue weighted by Gasteiger charge is 2.50. The van der Waals surface area contributed by atoms with Crippen LogP contribution in [0.2, 0.25) is 0 Å². The van der Waals surface area contributed by atoms with E-state index in [1.165, 1.54) is 22.3 Å². The van der Waals surface area contributed by atoms with E-state index in [0.29, 0.717) is 0 Å². The summed E-state index contributed by atoms with van der Waals surface area (Å²) >= 11 is 0. The monoisotopic (exact) mass is 274 g/mol. The zero-order chi connectivity index (χ0) is 13.4. The molecule has 4 nitrogen and oxygen atoms in total. The number of hydrogen-bond donors (Lipinski definition) is 0. The van der Waals surface area contributed by atoms with Crippen LogP contribution in [0.3, 0.4) is 0 Å². The van der Waals surface area contributed by atoms with Crippen molar-refractivity contribution in [2.75, 3.05) is 14.2 Å². The molecule has 0 aliphatic carbocycles. The first-order valence-electron chi connectivity index (χ1n) is 7.46. The van der Waals surface area contributed by atoms with E-state index in [0.717, 1.165) is 37.2 Å². The van der Waals surface area contributed by atoms with Crippen molar-refractivity contribution in [3.63, 3.8) is 0 Å². The van der Waals surface area contributed by atoms with E-state index in [1.54, 1.807) is 14.2 Å². The summed E-state index contributed by atoms with van der Waals surface area (Å²) < 4.78 is 23.8. The predicted molar refractivity (Wildman–Crippen MR) is 71.1 cm³/mol. The lowest BCUT2D eigenvalue weighted by Crippen LogP contribution is -2.11. The Morgan fingerprint density at radius 2 is 0.950 bits per heavy atom. The van der Waals surface area contributed by atoms with Crippen molar-refractivity contribution in [3.8, 4) is 11.5 Å². The minimum Gasteiger partial charge on any atom is -0.496 e. The molecule has 4 bridgehead atoms. The van der Waals surface area contributed by atoms with Gasteiger partial charge in [-0.3, -0.25) is 0 Å². The fourth-order valence-electron chi connectivity index (χ4n) is 4.62. The number of methoxy groups -OCH3 is 2. The number of hydrogen-bond acceptors (Lipinski definition) is 4. The highest BCUT2D eigenvalue weighted by molar-refractivity contribution is 5.66. The Kier molecular flexibility index (Phi) is 2.10. The van der Waals surface area contributed by atoms with Crippen molar-refractivity contribution >= 4 is 0 Å². The Labute approximate surface area is 118 Å². The van der Waals surface area contributed by atoms with Gasteiger partial charge in [-0.25, -0.2) is 0 Å². The van der Waals surface area contributed by atoms with Crippen molar-refractivity contribution in [3.05, 3.63) is 22.3 Å². The summed E-state index contributed by atoms with van der Waals surface area (Å²) in [5.41, 5.74) is 4.93. The topological polar surface area (TPSA) is 36.9 Å². The van der Waals surface area contributed by atoms with Crippen LogP contribution in [0.15, 0.2) is 0 Å². The third-order valence-corrected chi connectivity index (χ3v) is 5.29. The van der Waals surface area contributed by atoms with Crippen molar-refractivity contribution in [2.24, 2.45) is 0 Å². The molecule has 4 atom stereocenters. The van der Waals surface area contributed by atoms with E-state index in [4.69, 9.17) is 18.9 Å². The standard InChI is InChI=1S/C16H18O4/c1-17-15-11-7-3-5-9(19-7)13(11)16(18-2)14-10-6-4-8(20-10)12(14)15/h7-10H,3-6H2,1-2H3. The molecule has 5 rings (SSSR count). The zero-order valence-electron chi connectivity index (χ0n) is 11.8. The van der Waals surface area contributed by atoms with E-state index in [-0.39, 0.29) is 24.4 Å². The maximum Gasteiger partial charge on any atom is 0.131 e. The predicted octanol–water partition coefficient (Wildman–Crippen LogP) is 3.52. The number of benzene rings is 1. The Bertz CT molecular complexity index is 511. The van der Waals surface area contributed by atoms with Gasteiger partial charge in [-0.05, 0) is 25.7 Å². The van der Waals surface area contributed by atoms with Gasteiger partial charge in [0.1, 0.15) is 11.5 Å². The van der Waals surface area contributed by atoms with Crippen molar-refractivity contribution in [1.82, 2.24) is 0 Å². The fourth-order valence-corrected chi connectivity index (χ4v) is 4.62. The number of rotatable bonds is 2. The molecular formula is C16H18O4. The quantitative estimate of drug-likeness (QED) is 0.827. The normalized spacial score (nSPS) is 35.3. The molecule has 1 aromatic carbocycles. The van der Waals surface area contributed by atoms with Gasteiger partial charge >= 0.3 is 0 Å². The summed E-state index contributed by atoms with van der Waals surface area (Å²) in [6, 6.07) is 0. The van der Waals surface area contributed by atoms with E-state index in [9.17, 15) is 0 Å². The number of ether oxygens (including phenoxy) is 4. The average molecular weight is 274 g/mol. The van der Waals surface area contributed by atoms with Gasteiger partial charge in [0.25, 0.3) is 0 Å². The van der Waals surface area contributed by atoms with Gasteiger partial charge in [-0.2, -0.15) is 0 Å². The average Bonchev–Trinajstić information content (AvgIpc) is 3.23. The molecule has 106 valence electrons. The van der Waals surface area contributed by atoms with E-state index in [1.807, 2.05) is 0 Å². The first-order chi connectivity index (χ1) is 9.83. The van der Waals surface area contributed by atoms with Crippen molar-refractivity contribution in [2.45, 2.75) is 50.1 Å². The summed E-state index contributed by atoms with van der Waals surface area (Å²) in [4.78, 5) is 0. The maximum absolute atomic E-state index is 6.10. The summed E-state index contributed by atoms with van der Waals surface area (Å²) in [7, 11) is 3.53. The Morgan fingerprint density at radius 1 is 0.650 bits per heavy atom. The molecule has 0 saturated carbocycles. The van der Waals surface area contributed by atoms with Gasteiger partial charge in [-0.15, -0.1) is 0 Å². The summed E-state index contributed by atoms with van der Waals surface area (Å²) in [6.45, 7) is 0. The van der Waals surface area contributed by atoms with Gasteiger partial charge in [0, 0.05) is 22.3 Å². The van der Waals surface area contributed by atoms with Gasteiger partial charge in [0.2, 0.25) is 0 Å². The van der Waals surface area contributed by atoms with E-state index in [2.05, 4.69) is 0 Å². The van der Waals surface area contributed by atoms with E-state index < -0.39 is 0 Å². The van der Waals surface area contributed by atoms with Crippen LogP contribution in [-0.4, -0.2) is 14.2 Å². The molecule has 1 aromatic rings. The largest absolute Gasteiger partial charge is 0.496 e. The minimum absolute atomic E-state index is 0.184. The van der Waals surface area contributed by atoms with Crippen molar-refractivity contribution < 1.29 is 18.9 Å². The third kappa shape index (κ3) is 1.12. The molecule has 2 fully saturated rings. The second-order valence-corrected chi connectivity index (χ2v) is 6.10. The van der Waals surface area contributed by atoms with Crippen LogP contribution in [0.5, 0.6) is 11.5 Å². The Hall–Kier alpha value is -1.26. The van der Waals surface area contributed by atoms with E-state index >= 15 is 0 Å². The molecule has 0 radical (unpaired) electrons. The summed E-state index contributed by atoms with van der Waals surface area (Å²) in [5, 5.41) is 0. The second kappa shape index (κ2) is 3.68. The highest BCUT2D eigenvalue weighted by atomic mass is 16.5. The van der Waals surface area contributed by atoms with Gasteiger partial charge in [0.05, 0.1) is 38.6 Å². The van der Waals surface area contributed by atoms with Crippen LogP contribution in [0.4, 0.5) is 0 Å². The van der Waals surface area contributed by atoms with Gasteiger partial charge < -0.3 is 18.9 Å². The van der Waals surface area contributed by atoms with Crippen LogP contribution in [0, 0.1) is 0 Å². The highest BCUT2D eigenvalue weighted by Crippen LogP contribution is 2.65. The Balaban J connectivity index is 1.87. The molecule has 0 aromatic heterocycles. The summed E-state index contributed by atoms with van der Waals surface area (Å²) in [5.74, 6) is 2.02. The molecule has 4 heterocycles. The molecule has 0 N–H and O–H groups in total. The smallest absolute Gasteiger partial charge is 0.131 e. The molecule has 4 unspecified atom stereocenters. The molecule has 20 heavy (non-hydrogen) atoms. The van der Waals surface area contributed by atoms with Gasteiger partial charge in [-0.1, -0.05) is 0 Å². The third-order valence-electron chi connectivity index (χ3n) is 5.29. The molecule has 4 heteroatoms. The molecule has 0 amide bonds. The van der Waals surface area contributed by atoms with Crippen molar-refractivity contribution in [1.29, 1.82) is 0 Å². The van der Waals surface area contributed by atoms with Crippen LogP contribution in [0.25, 0.3) is 0 Å². The zero-order valence-corrected chi connectivity index (χ0v) is 11.8. The summed E-state index contributed by atoms with van der Waals surface area (Å²) in [6.07, 6.45) is 5.09. The SMILES string of the molecule is COc1c2c(c(OC)c3c1C1CCC3O1)C1CCC2O1. The minimum atomic E-state index is 0.184. The van der Waals surface area contributed by atoms with Crippen LogP contribution >= 0.6 is 0 Å². The molecular weight excluding hydrogens is 256 g/mol. The Morgan fingerprint density at radius 3 is 1.20 bits per heavy atom. The first kappa shape index (κ1) is 11.4. The number of fused-ring (bicyclic) bond motifs is 10. The van der Waals surface area contributed by atoms with Crippen LogP contribution < -0.4 is 9.47 Å². The molecule has 4 aliphatic heterocycles.